The zero-order chi connectivity index (χ0) is 12.3. The van der Waals surface area contributed by atoms with E-state index in [2.05, 4.69) is 10.6 Å². The number of carbonyl (C=O) groups is 2. The number of carbonyl (C=O) groups excluding carboxylic acids is 2. The van der Waals surface area contributed by atoms with E-state index in [-0.39, 0.29) is 17.7 Å². The molecule has 2 N–H and O–H groups in total. The van der Waals surface area contributed by atoms with Crippen LogP contribution in [0.5, 0.6) is 0 Å². The van der Waals surface area contributed by atoms with Crippen LogP contribution in [0.15, 0.2) is 16.5 Å². The Kier molecular flexibility index (Phi) is 3.46. The molecule has 0 radical (unpaired) electrons. The summed E-state index contributed by atoms with van der Waals surface area (Å²) in [5.74, 6) is 1.05. The first-order valence-corrected chi connectivity index (χ1v) is 5.79. The summed E-state index contributed by atoms with van der Waals surface area (Å²) < 4.78 is 5.17. The lowest BCUT2D eigenvalue weighted by Gasteiger charge is -2.05. The maximum absolute atomic E-state index is 11.5. The van der Waals surface area contributed by atoms with Gasteiger partial charge in [0.15, 0.2) is 5.76 Å². The molecular weight excluding hydrogens is 220 g/mol. The number of hydrogen-bond donors (Lipinski definition) is 2. The molecule has 1 saturated carbocycles. The van der Waals surface area contributed by atoms with Crippen molar-refractivity contribution in [2.24, 2.45) is 5.92 Å². The predicted molar refractivity (Wildman–Crippen MR) is 61.5 cm³/mol. The van der Waals surface area contributed by atoms with Gasteiger partial charge in [0.2, 0.25) is 5.91 Å². The average molecular weight is 236 g/mol. The maximum Gasteiger partial charge on any atom is 0.287 e. The smallest absolute Gasteiger partial charge is 0.287 e. The second-order valence-electron chi connectivity index (χ2n) is 4.23. The van der Waals surface area contributed by atoms with Crippen molar-refractivity contribution in [2.75, 3.05) is 13.1 Å². The number of furan rings is 1. The van der Waals surface area contributed by atoms with E-state index in [0.717, 1.165) is 12.8 Å². The molecule has 0 aromatic carbocycles. The van der Waals surface area contributed by atoms with E-state index < -0.39 is 0 Å². The van der Waals surface area contributed by atoms with Gasteiger partial charge in [0.05, 0.1) is 0 Å². The van der Waals surface area contributed by atoms with Gasteiger partial charge >= 0.3 is 0 Å². The summed E-state index contributed by atoms with van der Waals surface area (Å²) in [5.41, 5.74) is 0. The first-order chi connectivity index (χ1) is 8.16. The van der Waals surface area contributed by atoms with E-state index in [1.165, 1.54) is 0 Å². The van der Waals surface area contributed by atoms with Crippen molar-refractivity contribution in [3.63, 3.8) is 0 Å². The van der Waals surface area contributed by atoms with Gasteiger partial charge in [0, 0.05) is 19.0 Å². The van der Waals surface area contributed by atoms with Crippen LogP contribution in [0.25, 0.3) is 0 Å². The average Bonchev–Trinajstić information content (AvgIpc) is 3.07. The summed E-state index contributed by atoms with van der Waals surface area (Å²) in [4.78, 5) is 22.8. The third-order valence-electron chi connectivity index (χ3n) is 2.62. The highest BCUT2D eigenvalue weighted by Crippen LogP contribution is 2.28. The molecule has 2 amide bonds. The second-order valence-corrected chi connectivity index (χ2v) is 4.23. The number of hydrogen-bond acceptors (Lipinski definition) is 3. The molecule has 0 bridgehead atoms. The van der Waals surface area contributed by atoms with Gasteiger partial charge in [-0.3, -0.25) is 9.59 Å². The monoisotopic (exact) mass is 236 g/mol. The molecule has 1 fully saturated rings. The molecule has 1 aliphatic carbocycles. The molecule has 2 rings (SSSR count). The lowest BCUT2D eigenvalue weighted by atomic mass is 10.4. The summed E-state index contributed by atoms with van der Waals surface area (Å²) in [7, 11) is 0. The fourth-order valence-corrected chi connectivity index (χ4v) is 1.50. The Morgan fingerprint density at radius 3 is 2.59 bits per heavy atom. The minimum Gasteiger partial charge on any atom is -0.456 e. The molecule has 0 saturated heterocycles. The van der Waals surface area contributed by atoms with Crippen molar-refractivity contribution >= 4 is 11.8 Å². The fraction of sp³-hybridized carbons (Fsp3) is 0.500. The van der Waals surface area contributed by atoms with Gasteiger partial charge < -0.3 is 15.1 Å². The highest BCUT2D eigenvalue weighted by atomic mass is 16.3. The molecule has 17 heavy (non-hydrogen) atoms. The van der Waals surface area contributed by atoms with Crippen LogP contribution in [-0.4, -0.2) is 24.9 Å². The molecule has 0 unspecified atom stereocenters. The summed E-state index contributed by atoms with van der Waals surface area (Å²) in [6, 6.07) is 3.37. The van der Waals surface area contributed by atoms with Gasteiger partial charge in [-0.25, -0.2) is 0 Å². The molecular formula is C12H16N2O3. The van der Waals surface area contributed by atoms with Crippen LogP contribution in [0.4, 0.5) is 0 Å². The molecule has 1 aromatic heterocycles. The van der Waals surface area contributed by atoms with E-state index in [0.29, 0.717) is 24.6 Å². The third kappa shape index (κ3) is 3.34. The Morgan fingerprint density at radius 2 is 2.00 bits per heavy atom. The van der Waals surface area contributed by atoms with Crippen LogP contribution in [0.2, 0.25) is 0 Å². The topological polar surface area (TPSA) is 71.3 Å². The van der Waals surface area contributed by atoms with Gasteiger partial charge in [-0.05, 0) is 31.9 Å². The lowest BCUT2D eigenvalue weighted by Crippen LogP contribution is -2.35. The Bertz CT molecular complexity index is 421. The number of rotatable bonds is 5. The van der Waals surface area contributed by atoms with E-state index in [1.807, 2.05) is 0 Å². The first-order valence-electron chi connectivity index (χ1n) is 5.79. The lowest BCUT2D eigenvalue weighted by molar-refractivity contribution is -0.122. The molecule has 92 valence electrons. The minimum absolute atomic E-state index is 0.0908. The fourth-order valence-electron chi connectivity index (χ4n) is 1.50. The predicted octanol–water partition coefficient (Wildman–Crippen LogP) is 0.844. The molecule has 1 heterocycles. The van der Waals surface area contributed by atoms with Gasteiger partial charge in [0.1, 0.15) is 5.76 Å². The number of aryl methyl sites for hydroxylation is 1. The van der Waals surface area contributed by atoms with Crippen LogP contribution in [0, 0.1) is 12.8 Å². The third-order valence-corrected chi connectivity index (χ3v) is 2.62. The Morgan fingerprint density at radius 1 is 1.29 bits per heavy atom. The zero-order valence-corrected chi connectivity index (χ0v) is 9.79. The largest absolute Gasteiger partial charge is 0.456 e. The molecule has 5 heteroatoms. The van der Waals surface area contributed by atoms with E-state index in [4.69, 9.17) is 4.42 Å². The summed E-state index contributed by atoms with van der Waals surface area (Å²) in [5, 5.41) is 5.45. The molecule has 0 atom stereocenters. The summed E-state index contributed by atoms with van der Waals surface area (Å²) >= 11 is 0. The highest BCUT2D eigenvalue weighted by Gasteiger charge is 2.28. The van der Waals surface area contributed by atoms with E-state index in [9.17, 15) is 9.59 Å². The molecule has 1 aliphatic rings. The normalized spacial score (nSPS) is 14.4. The highest BCUT2D eigenvalue weighted by molar-refractivity contribution is 5.91. The van der Waals surface area contributed by atoms with Gasteiger partial charge in [0.25, 0.3) is 5.91 Å². The van der Waals surface area contributed by atoms with Crippen LogP contribution in [0.3, 0.4) is 0 Å². The standard InChI is InChI=1S/C12H16N2O3/c1-8-2-5-10(17-8)12(16)14-7-6-13-11(15)9-3-4-9/h2,5,9H,3-4,6-7H2,1H3,(H,13,15)(H,14,16). The molecule has 5 nitrogen and oxygen atoms in total. The molecule has 1 aromatic rings. The van der Waals surface area contributed by atoms with E-state index in [1.54, 1.807) is 19.1 Å². The van der Waals surface area contributed by atoms with Crippen molar-refractivity contribution in [1.29, 1.82) is 0 Å². The van der Waals surface area contributed by atoms with Crippen LogP contribution >= 0.6 is 0 Å². The van der Waals surface area contributed by atoms with Crippen molar-refractivity contribution in [3.8, 4) is 0 Å². The Labute approximate surface area is 99.6 Å². The van der Waals surface area contributed by atoms with Crippen molar-refractivity contribution < 1.29 is 14.0 Å². The first kappa shape index (κ1) is 11.7. The second kappa shape index (κ2) is 5.03. The summed E-state index contributed by atoms with van der Waals surface area (Å²) in [6.45, 7) is 2.66. The SMILES string of the molecule is Cc1ccc(C(=O)NCCNC(=O)C2CC2)o1. The van der Waals surface area contributed by atoms with E-state index >= 15 is 0 Å². The van der Waals surface area contributed by atoms with Gasteiger partial charge in [-0.2, -0.15) is 0 Å². The van der Waals surface area contributed by atoms with Crippen LogP contribution < -0.4 is 10.6 Å². The molecule has 0 spiro atoms. The Balaban J connectivity index is 1.64. The van der Waals surface area contributed by atoms with Gasteiger partial charge in [-0.15, -0.1) is 0 Å². The van der Waals surface area contributed by atoms with Gasteiger partial charge in [-0.1, -0.05) is 0 Å². The van der Waals surface area contributed by atoms with Crippen molar-refractivity contribution in [1.82, 2.24) is 10.6 Å². The maximum atomic E-state index is 11.5. The Hall–Kier alpha value is -1.78. The van der Waals surface area contributed by atoms with Crippen molar-refractivity contribution in [2.45, 2.75) is 19.8 Å². The van der Waals surface area contributed by atoms with Crippen LogP contribution in [-0.2, 0) is 4.79 Å². The van der Waals surface area contributed by atoms with Crippen LogP contribution in [0.1, 0.15) is 29.2 Å². The quantitative estimate of drug-likeness (QED) is 0.744. The number of nitrogens with one attached hydrogen (secondary N) is 2. The summed E-state index contributed by atoms with van der Waals surface area (Å²) in [6.07, 6.45) is 1.98. The zero-order valence-electron chi connectivity index (χ0n) is 9.79. The minimum atomic E-state index is -0.251. The van der Waals surface area contributed by atoms with Crippen molar-refractivity contribution in [3.05, 3.63) is 23.7 Å². The number of amides is 2. The molecule has 0 aliphatic heterocycles.